The highest BCUT2D eigenvalue weighted by Crippen LogP contribution is 2.37. The first-order valence-electron chi connectivity index (χ1n) is 14.0. The van der Waals surface area contributed by atoms with E-state index in [1.165, 1.54) is 0 Å². The predicted molar refractivity (Wildman–Crippen MR) is 154 cm³/mol. The van der Waals surface area contributed by atoms with E-state index >= 15 is 0 Å². The van der Waals surface area contributed by atoms with Gasteiger partial charge in [0.15, 0.2) is 0 Å². The Morgan fingerprint density at radius 3 is 1.05 bits per heavy atom. The number of ether oxygens (including phenoxy) is 2. The van der Waals surface area contributed by atoms with E-state index < -0.39 is 0 Å². The zero-order chi connectivity index (χ0) is 27.6. The molecule has 8 heteroatoms. The summed E-state index contributed by atoms with van der Waals surface area (Å²) in [7, 11) is -0.686. The van der Waals surface area contributed by atoms with Gasteiger partial charge >= 0.3 is 14.2 Å². The predicted octanol–water partition coefficient (Wildman–Crippen LogP) is 5.30. The van der Waals surface area contributed by atoms with Gasteiger partial charge in [0, 0.05) is 0 Å². The van der Waals surface area contributed by atoms with Crippen LogP contribution in [-0.4, -0.2) is 49.9 Å². The third-order valence-electron chi connectivity index (χ3n) is 8.39. The molecular weight excluding hydrogens is 478 g/mol. The Kier molecular flexibility index (Phi) is 8.58. The largest absolute Gasteiger partial charge is 0.494 e. The van der Waals surface area contributed by atoms with E-state index in [-0.39, 0.29) is 36.6 Å². The quantitative estimate of drug-likeness (QED) is 0.295. The van der Waals surface area contributed by atoms with Crippen LogP contribution < -0.4 is 20.4 Å². The van der Waals surface area contributed by atoms with Crippen molar-refractivity contribution in [2.75, 3.05) is 13.2 Å². The van der Waals surface area contributed by atoms with Crippen molar-refractivity contribution in [2.45, 2.75) is 103 Å². The number of rotatable bonds is 11. The van der Waals surface area contributed by atoms with Gasteiger partial charge < -0.3 is 28.1 Å². The first-order valence-corrected chi connectivity index (χ1v) is 14.0. The van der Waals surface area contributed by atoms with Crippen LogP contribution in [0.4, 0.5) is 0 Å². The van der Waals surface area contributed by atoms with E-state index in [4.69, 9.17) is 28.1 Å². The van der Waals surface area contributed by atoms with Crippen LogP contribution in [0.15, 0.2) is 48.5 Å². The second kappa shape index (κ2) is 11.2. The van der Waals surface area contributed by atoms with Crippen LogP contribution in [0.25, 0.3) is 0 Å². The molecule has 0 aliphatic carbocycles. The Balaban J connectivity index is 1.08. The van der Waals surface area contributed by atoms with E-state index in [0.29, 0.717) is 13.2 Å². The van der Waals surface area contributed by atoms with Crippen LogP contribution in [0.5, 0.6) is 11.5 Å². The summed E-state index contributed by atoms with van der Waals surface area (Å²) in [6.07, 6.45) is 4.25. The third-order valence-corrected chi connectivity index (χ3v) is 8.39. The maximum atomic E-state index is 6.12. The molecule has 2 aliphatic heterocycles. The Morgan fingerprint density at radius 1 is 0.474 bits per heavy atom. The topological polar surface area (TPSA) is 55.4 Å². The number of unbranched alkanes of at least 4 members (excludes halogenated alkanes) is 3. The Labute approximate surface area is 230 Å². The maximum Gasteiger partial charge on any atom is 0.494 e. The average Bonchev–Trinajstić information content (AvgIpc) is 3.21. The Morgan fingerprint density at radius 2 is 0.763 bits per heavy atom. The second-order valence-electron chi connectivity index (χ2n) is 12.4. The minimum Gasteiger partial charge on any atom is -0.494 e. The molecule has 2 heterocycles. The standard InChI is InChI=1S/C30H44B2O6/c1-27(2)28(3,4)36-31(35-27)23-13-17-25(18-14-23)33-21-11-9-10-12-22-34-26-19-15-24(16-20-26)32-37-29(5,6)30(7,8)38-32/h13-20H,9-12,21-22H2,1-8H3. The van der Waals surface area contributed by atoms with Crippen LogP contribution in [0.3, 0.4) is 0 Å². The zero-order valence-corrected chi connectivity index (χ0v) is 24.5. The van der Waals surface area contributed by atoms with Gasteiger partial charge in [0.25, 0.3) is 0 Å². The normalized spacial score (nSPS) is 21.1. The molecule has 2 aromatic rings. The van der Waals surface area contributed by atoms with Gasteiger partial charge in [0.05, 0.1) is 35.6 Å². The summed E-state index contributed by atoms with van der Waals surface area (Å²) in [4.78, 5) is 0. The Hall–Kier alpha value is -1.99. The van der Waals surface area contributed by atoms with E-state index in [2.05, 4.69) is 55.4 Å². The molecule has 4 rings (SSSR count). The highest BCUT2D eigenvalue weighted by molar-refractivity contribution is 6.62. The fraction of sp³-hybridized carbons (Fsp3) is 0.600. The molecule has 0 aromatic heterocycles. The highest BCUT2D eigenvalue weighted by atomic mass is 16.7. The van der Waals surface area contributed by atoms with Crippen molar-refractivity contribution in [1.29, 1.82) is 0 Å². The van der Waals surface area contributed by atoms with Crippen molar-refractivity contribution in [3.8, 4) is 11.5 Å². The molecule has 2 fully saturated rings. The second-order valence-corrected chi connectivity index (χ2v) is 12.4. The molecule has 6 nitrogen and oxygen atoms in total. The molecule has 0 amide bonds. The monoisotopic (exact) mass is 522 g/mol. The van der Waals surface area contributed by atoms with E-state index in [1.807, 2.05) is 48.5 Å². The summed E-state index contributed by atoms with van der Waals surface area (Å²) >= 11 is 0. The van der Waals surface area contributed by atoms with Crippen LogP contribution in [0, 0.1) is 0 Å². The van der Waals surface area contributed by atoms with Crippen molar-refractivity contribution < 1.29 is 28.1 Å². The molecule has 0 bridgehead atoms. The lowest BCUT2D eigenvalue weighted by Crippen LogP contribution is -2.41. The van der Waals surface area contributed by atoms with Gasteiger partial charge in [-0.3, -0.25) is 0 Å². The average molecular weight is 522 g/mol. The molecule has 2 saturated heterocycles. The minimum absolute atomic E-state index is 0.336. The van der Waals surface area contributed by atoms with Crippen LogP contribution in [0.1, 0.15) is 81.1 Å². The van der Waals surface area contributed by atoms with Gasteiger partial charge in [-0.15, -0.1) is 0 Å². The maximum absolute atomic E-state index is 6.12. The van der Waals surface area contributed by atoms with Crippen molar-refractivity contribution in [1.82, 2.24) is 0 Å². The van der Waals surface area contributed by atoms with Crippen LogP contribution in [0.2, 0.25) is 0 Å². The zero-order valence-electron chi connectivity index (χ0n) is 24.5. The van der Waals surface area contributed by atoms with Gasteiger partial charge in [-0.1, -0.05) is 24.3 Å². The van der Waals surface area contributed by atoms with E-state index in [1.54, 1.807) is 0 Å². The minimum atomic E-state index is -0.343. The summed E-state index contributed by atoms with van der Waals surface area (Å²) in [6, 6.07) is 16.1. The molecule has 0 unspecified atom stereocenters. The van der Waals surface area contributed by atoms with Crippen molar-refractivity contribution >= 4 is 25.2 Å². The molecule has 2 aliphatic rings. The number of hydrogen-bond donors (Lipinski definition) is 0. The molecule has 0 radical (unpaired) electrons. The van der Waals surface area contributed by atoms with Crippen molar-refractivity contribution in [3.63, 3.8) is 0 Å². The van der Waals surface area contributed by atoms with E-state index in [9.17, 15) is 0 Å². The lowest BCUT2D eigenvalue weighted by molar-refractivity contribution is 0.00578. The fourth-order valence-electron chi connectivity index (χ4n) is 4.34. The summed E-state index contributed by atoms with van der Waals surface area (Å²) in [5.74, 6) is 1.75. The summed E-state index contributed by atoms with van der Waals surface area (Å²) in [5.41, 5.74) is 0.683. The first kappa shape index (κ1) is 29.0. The number of benzene rings is 2. The molecule has 38 heavy (non-hydrogen) atoms. The lowest BCUT2D eigenvalue weighted by atomic mass is 9.79. The summed E-state index contributed by atoms with van der Waals surface area (Å²) in [5, 5.41) is 0. The number of hydrogen-bond acceptors (Lipinski definition) is 6. The van der Waals surface area contributed by atoms with Crippen LogP contribution in [-0.2, 0) is 18.6 Å². The van der Waals surface area contributed by atoms with Gasteiger partial charge in [-0.2, -0.15) is 0 Å². The van der Waals surface area contributed by atoms with Crippen molar-refractivity contribution in [3.05, 3.63) is 48.5 Å². The SMILES string of the molecule is CC1(C)OB(c2ccc(OCCCCCCOc3ccc(B4OC(C)(C)C(C)(C)O4)cc3)cc2)OC1(C)C. The van der Waals surface area contributed by atoms with Crippen LogP contribution >= 0.6 is 0 Å². The van der Waals surface area contributed by atoms with Gasteiger partial charge in [-0.25, -0.2) is 0 Å². The Bertz CT molecular complexity index is 932. The smallest absolute Gasteiger partial charge is 0.494 e. The molecule has 0 saturated carbocycles. The molecule has 0 N–H and O–H groups in total. The van der Waals surface area contributed by atoms with E-state index in [0.717, 1.165) is 48.1 Å². The molecule has 2 aromatic carbocycles. The molecule has 0 spiro atoms. The molecular formula is C30H44B2O6. The van der Waals surface area contributed by atoms with Gasteiger partial charge in [0.2, 0.25) is 0 Å². The summed E-state index contributed by atoms with van der Waals surface area (Å²) < 4.78 is 36.3. The van der Waals surface area contributed by atoms with Gasteiger partial charge in [0.1, 0.15) is 11.5 Å². The molecule has 206 valence electrons. The fourth-order valence-corrected chi connectivity index (χ4v) is 4.34. The van der Waals surface area contributed by atoms with Gasteiger partial charge in [-0.05, 0) is 116 Å². The highest BCUT2D eigenvalue weighted by Gasteiger charge is 2.52. The van der Waals surface area contributed by atoms with Crippen molar-refractivity contribution in [2.24, 2.45) is 0 Å². The molecule has 0 atom stereocenters. The lowest BCUT2D eigenvalue weighted by Gasteiger charge is -2.32. The third kappa shape index (κ3) is 6.59. The summed E-state index contributed by atoms with van der Waals surface area (Å²) in [6.45, 7) is 17.9. The first-order chi connectivity index (χ1) is 17.8.